The standard InChI is InChI=1S/C16H16BrNO3S/c1-21-15(20)8-14(19)9-16(18,12-6-7-22-10-12)11-2-4-13(17)5-3-11/h2-7,10H,8-9,18H2,1H3. The Morgan fingerprint density at radius 1 is 1.23 bits per heavy atom. The summed E-state index contributed by atoms with van der Waals surface area (Å²) < 4.78 is 5.48. The lowest BCUT2D eigenvalue weighted by Crippen LogP contribution is -2.40. The Kier molecular flexibility index (Phi) is 5.50. The monoisotopic (exact) mass is 381 g/mol. The van der Waals surface area contributed by atoms with Crippen LogP contribution in [0.1, 0.15) is 24.0 Å². The summed E-state index contributed by atoms with van der Waals surface area (Å²) in [7, 11) is 1.26. The summed E-state index contributed by atoms with van der Waals surface area (Å²) in [6, 6.07) is 9.43. The second-order valence-electron chi connectivity index (χ2n) is 4.96. The third-order valence-corrected chi connectivity index (χ3v) is 4.65. The third kappa shape index (κ3) is 3.82. The molecule has 0 amide bonds. The van der Waals surface area contributed by atoms with E-state index in [1.807, 2.05) is 41.1 Å². The highest BCUT2D eigenvalue weighted by Gasteiger charge is 2.33. The third-order valence-electron chi connectivity index (χ3n) is 3.44. The SMILES string of the molecule is COC(=O)CC(=O)CC(N)(c1ccc(Br)cc1)c1ccsc1. The lowest BCUT2D eigenvalue weighted by Gasteiger charge is -2.29. The quantitative estimate of drug-likeness (QED) is 0.615. The minimum Gasteiger partial charge on any atom is -0.469 e. The number of halogens is 1. The number of ketones is 1. The number of nitrogens with two attached hydrogens (primary N) is 1. The molecular weight excluding hydrogens is 366 g/mol. The van der Waals surface area contributed by atoms with E-state index in [0.29, 0.717) is 0 Å². The molecule has 0 bridgehead atoms. The van der Waals surface area contributed by atoms with Crippen LogP contribution in [0.5, 0.6) is 0 Å². The second kappa shape index (κ2) is 7.17. The number of Topliss-reactive ketones (excluding diaryl/α,β-unsaturated/α-hetero) is 1. The minimum atomic E-state index is -0.953. The minimum absolute atomic E-state index is 0.0421. The molecule has 2 aromatic rings. The van der Waals surface area contributed by atoms with Crippen LogP contribution in [0.2, 0.25) is 0 Å². The number of carbonyl (C=O) groups excluding carboxylic acids is 2. The van der Waals surface area contributed by atoms with E-state index in [0.717, 1.165) is 15.6 Å². The van der Waals surface area contributed by atoms with Gasteiger partial charge < -0.3 is 10.5 Å². The molecule has 1 atom stereocenters. The van der Waals surface area contributed by atoms with Crippen LogP contribution >= 0.6 is 27.3 Å². The van der Waals surface area contributed by atoms with Gasteiger partial charge in [0.15, 0.2) is 0 Å². The van der Waals surface area contributed by atoms with Crippen molar-refractivity contribution in [3.63, 3.8) is 0 Å². The summed E-state index contributed by atoms with van der Waals surface area (Å²) in [4.78, 5) is 23.5. The number of esters is 1. The van der Waals surface area contributed by atoms with Crippen molar-refractivity contribution in [1.82, 2.24) is 0 Å². The molecule has 2 N–H and O–H groups in total. The smallest absolute Gasteiger partial charge is 0.313 e. The first-order chi connectivity index (χ1) is 10.5. The molecule has 0 aliphatic rings. The van der Waals surface area contributed by atoms with E-state index in [1.54, 1.807) is 0 Å². The van der Waals surface area contributed by atoms with Gasteiger partial charge in [0, 0.05) is 10.9 Å². The molecule has 1 aromatic heterocycles. The Morgan fingerprint density at radius 2 is 1.91 bits per heavy atom. The van der Waals surface area contributed by atoms with Gasteiger partial charge in [-0.15, -0.1) is 0 Å². The Bertz CT molecular complexity index is 655. The van der Waals surface area contributed by atoms with E-state index < -0.39 is 11.5 Å². The van der Waals surface area contributed by atoms with E-state index in [-0.39, 0.29) is 18.6 Å². The molecule has 4 nitrogen and oxygen atoms in total. The van der Waals surface area contributed by atoms with E-state index in [9.17, 15) is 9.59 Å². The van der Waals surface area contributed by atoms with Crippen LogP contribution in [-0.4, -0.2) is 18.9 Å². The molecule has 0 spiro atoms. The Balaban J connectivity index is 2.33. The van der Waals surface area contributed by atoms with Crippen LogP contribution in [-0.2, 0) is 19.9 Å². The maximum Gasteiger partial charge on any atom is 0.313 e. The van der Waals surface area contributed by atoms with Crippen LogP contribution in [0.15, 0.2) is 45.6 Å². The van der Waals surface area contributed by atoms with Crippen LogP contribution < -0.4 is 5.73 Å². The number of rotatable bonds is 6. The molecule has 1 heterocycles. The molecule has 2 rings (SSSR count). The topological polar surface area (TPSA) is 69.4 Å². The van der Waals surface area contributed by atoms with Crippen LogP contribution in [0.3, 0.4) is 0 Å². The van der Waals surface area contributed by atoms with Gasteiger partial charge in [-0.1, -0.05) is 28.1 Å². The van der Waals surface area contributed by atoms with Gasteiger partial charge in [-0.2, -0.15) is 11.3 Å². The first kappa shape index (κ1) is 16.9. The summed E-state index contributed by atoms with van der Waals surface area (Å²) in [5.74, 6) is -0.794. The molecular formula is C16H16BrNO3S. The maximum absolute atomic E-state index is 12.2. The average molecular weight is 382 g/mol. The molecule has 6 heteroatoms. The van der Waals surface area contributed by atoms with Crippen molar-refractivity contribution in [3.8, 4) is 0 Å². The van der Waals surface area contributed by atoms with Crippen molar-refractivity contribution in [3.05, 3.63) is 56.7 Å². The second-order valence-corrected chi connectivity index (χ2v) is 6.65. The van der Waals surface area contributed by atoms with Gasteiger partial charge in [-0.05, 0) is 40.1 Å². The molecule has 0 saturated heterocycles. The molecule has 1 unspecified atom stereocenters. The summed E-state index contributed by atoms with van der Waals surface area (Å²) in [6.45, 7) is 0. The highest BCUT2D eigenvalue weighted by Crippen LogP contribution is 2.33. The molecule has 0 aliphatic carbocycles. The lowest BCUT2D eigenvalue weighted by molar-refractivity contribution is -0.143. The van der Waals surface area contributed by atoms with E-state index >= 15 is 0 Å². The fraction of sp³-hybridized carbons (Fsp3) is 0.250. The number of benzene rings is 1. The number of thiophene rings is 1. The molecule has 0 saturated carbocycles. The summed E-state index contributed by atoms with van der Waals surface area (Å²) in [5.41, 5.74) is 7.30. The van der Waals surface area contributed by atoms with E-state index in [4.69, 9.17) is 5.73 Å². The zero-order chi connectivity index (χ0) is 16.2. The van der Waals surface area contributed by atoms with E-state index in [2.05, 4.69) is 20.7 Å². The normalized spacial score (nSPS) is 13.4. The maximum atomic E-state index is 12.2. The van der Waals surface area contributed by atoms with Crippen molar-refractivity contribution < 1.29 is 14.3 Å². The van der Waals surface area contributed by atoms with Crippen LogP contribution in [0.4, 0.5) is 0 Å². The molecule has 1 aromatic carbocycles. The van der Waals surface area contributed by atoms with Gasteiger partial charge in [0.05, 0.1) is 12.6 Å². The van der Waals surface area contributed by atoms with E-state index in [1.165, 1.54) is 18.4 Å². The predicted molar refractivity (Wildman–Crippen MR) is 89.7 cm³/mol. The number of ether oxygens (including phenoxy) is 1. The highest BCUT2D eigenvalue weighted by atomic mass is 79.9. The molecule has 22 heavy (non-hydrogen) atoms. The first-order valence-corrected chi connectivity index (χ1v) is 8.35. The van der Waals surface area contributed by atoms with Crippen molar-refractivity contribution in [2.24, 2.45) is 5.73 Å². The molecule has 0 aliphatic heterocycles. The van der Waals surface area contributed by atoms with Gasteiger partial charge in [-0.3, -0.25) is 9.59 Å². The van der Waals surface area contributed by atoms with Crippen molar-refractivity contribution in [1.29, 1.82) is 0 Å². The Hall–Kier alpha value is -1.50. The van der Waals surface area contributed by atoms with Gasteiger partial charge >= 0.3 is 5.97 Å². The van der Waals surface area contributed by atoms with Crippen molar-refractivity contribution in [2.75, 3.05) is 7.11 Å². The average Bonchev–Trinajstić information content (AvgIpc) is 3.02. The number of methoxy groups -OCH3 is 1. The zero-order valence-electron chi connectivity index (χ0n) is 12.0. The van der Waals surface area contributed by atoms with Crippen molar-refractivity contribution in [2.45, 2.75) is 18.4 Å². The summed E-state index contributed by atoms with van der Waals surface area (Å²) in [6.07, 6.45) is -0.226. The fourth-order valence-corrected chi connectivity index (χ4v) is 3.25. The van der Waals surface area contributed by atoms with Crippen LogP contribution in [0.25, 0.3) is 0 Å². The Morgan fingerprint density at radius 3 is 2.45 bits per heavy atom. The predicted octanol–water partition coefficient (Wildman–Crippen LogP) is 3.24. The number of carbonyl (C=O) groups is 2. The zero-order valence-corrected chi connectivity index (χ0v) is 14.4. The molecule has 0 fully saturated rings. The summed E-state index contributed by atoms with van der Waals surface area (Å²) >= 11 is 4.90. The van der Waals surface area contributed by atoms with Gasteiger partial charge in [-0.25, -0.2) is 0 Å². The van der Waals surface area contributed by atoms with Crippen molar-refractivity contribution >= 4 is 39.0 Å². The number of hydrogen-bond acceptors (Lipinski definition) is 5. The van der Waals surface area contributed by atoms with Crippen LogP contribution in [0, 0.1) is 0 Å². The first-order valence-electron chi connectivity index (χ1n) is 6.62. The molecule has 0 radical (unpaired) electrons. The number of hydrogen-bond donors (Lipinski definition) is 1. The largest absolute Gasteiger partial charge is 0.469 e. The van der Waals surface area contributed by atoms with Gasteiger partial charge in [0.1, 0.15) is 12.2 Å². The van der Waals surface area contributed by atoms with Gasteiger partial charge in [0.25, 0.3) is 0 Å². The Labute approximate surface area is 141 Å². The molecule has 116 valence electrons. The summed E-state index contributed by atoms with van der Waals surface area (Å²) in [5, 5.41) is 3.84. The lowest BCUT2D eigenvalue weighted by atomic mass is 9.80. The van der Waals surface area contributed by atoms with Gasteiger partial charge in [0.2, 0.25) is 0 Å². The fourth-order valence-electron chi connectivity index (χ4n) is 2.24. The highest BCUT2D eigenvalue weighted by molar-refractivity contribution is 9.10.